The second kappa shape index (κ2) is 6.77. The number of benzene rings is 1. The summed E-state index contributed by atoms with van der Waals surface area (Å²) in [4.78, 5) is 5.82. The molecule has 0 radical (unpaired) electrons. The van der Waals surface area contributed by atoms with Crippen molar-refractivity contribution in [3.8, 4) is 5.75 Å². The minimum atomic E-state index is -0.0155. The van der Waals surface area contributed by atoms with Gasteiger partial charge in [0, 0.05) is 36.4 Å². The van der Waals surface area contributed by atoms with Gasteiger partial charge in [0.15, 0.2) is 0 Å². The molecular weight excluding hydrogens is 294 g/mol. The van der Waals surface area contributed by atoms with E-state index in [0.29, 0.717) is 0 Å². The maximum atomic E-state index is 5.53. The molecule has 0 unspecified atom stereocenters. The van der Waals surface area contributed by atoms with Crippen LogP contribution in [0.2, 0.25) is 0 Å². The zero-order chi connectivity index (χ0) is 15.4. The number of nitrogens with one attached hydrogen (secondary N) is 1. The van der Waals surface area contributed by atoms with Crippen LogP contribution in [0.25, 0.3) is 0 Å². The molecule has 0 aliphatic heterocycles. The standard InChI is InChI=1S/C17H19N3OS/c1-20-10-9-18-17(20)16(19-12-13-6-5-11-22-13)14-7-3-4-8-15(14)21-2/h3-11,16,19H,12H2,1-2H3/t16-/m0/s1. The molecule has 0 amide bonds. The maximum Gasteiger partial charge on any atom is 0.130 e. The summed E-state index contributed by atoms with van der Waals surface area (Å²) in [5.41, 5.74) is 1.09. The molecule has 1 aromatic carbocycles. The van der Waals surface area contributed by atoms with Crippen LogP contribution in [-0.2, 0) is 13.6 Å². The molecule has 0 fully saturated rings. The monoisotopic (exact) mass is 313 g/mol. The summed E-state index contributed by atoms with van der Waals surface area (Å²) in [6.45, 7) is 0.799. The zero-order valence-corrected chi connectivity index (χ0v) is 13.5. The molecule has 0 saturated carbocycles. The summed E-state index contributed by atoms with van der Waals surface area (Å²) in [7, 11) is 3.71. The number of ether oxygens (including phenoxy) is 1. The van der Waals surface area contributed by atoms with Crippen LogP contribution in [0.3, 0.4) is 0 Å². The van der Waals surface area contributed by atoms with Gasteiger partial charge < -0.3 is 9.30 Å². The number of hydrogen-bond donors (Lipinski definition) is 1. The van der Waals surface area contributed by atoms with Crippen LogP contribution in [0.1, 0.15) is 22.3 Å². The number of imidazole rings is 1. The smallest absolute Gasteiger partial charge is 0.130 e. The van der Waals surface area contributed by atoms with Crippen LogP contribution in [0.4, 0.5) is 0 Å². The van der Waals surface area contributed by atoms with Crippen molar-refractivity contribution in [1.82, 2.24) is 14.9 Å². The van der Waals surface area contributed by atoms with Crippen LogP contribution in [-0.4, -0.2) is 16.7 Å². The summed E-state index contributed by atoms with van der Waals surface area (Å²) in [5, 5.41) is 5.70. The molecule has 114 valence electrons. The first-order chi connectivity index (χ1) is 10.8. The van der Waals surface area contributed by atoms with Crippen molar-refractivity contribution in [2.24, 2.45) is 7.05 Å². The van der Waals surface area contributed by atoms with E-state index in [-0.39, 0.29) is 6.04 Å². The number of rotatable bonds is 6. The summed E-state index contributed by atoms with van der Waals surface area (Å²) >= 11 is 1.75. The molecule has 3 aromatic rings. The Labute approximate surface area is 134 Å². The van der Waals surface area contributed by atoms with Gasteiger partial charge in [-0.2, -0.15) is 0 Å². The Hall–Kier alpha value is -2.11. The van der Waals surface area contributed by atoms with E-state index in [9.17, 15) is 0 Å². The van der Waals surface area contributed by atoms with E-state index in [2.05, 4.69) is 33.9 Å². The Morgan fingerprint density at radius 2 is 2.14 bits per heavy atom. The lowest BCUT2D eigenvalue weighted by Crippen LogP contribution is -2.25. The van der Waals surface area contributed by atoms with E-state index < -0.39 is 0 Å². The molecule has 3 rings (SSSR count). The van der Waals surface area contributed by atoms with Crippen molar-refractivity contribution in [2.45, 2.75) is 12.6 Å². The summed E-state index contributed by atoms with van der Waals surface area (Å²) < 4.78 is 7.57. The van der Waals surface area contributed by atoms with Gasteiger partial charge in [-0.05, 0) is 17.5 Å². The minimum absolute atomic E-state index is 0.0155. The number of thiophene rings is 1. The van der Waals surface area contributed by atoms with Gasteiger partial charge in [0.25, 0.3) is 0 Å². The van der Waals surface area contributed by atoms with E-state index >= 15 is 0 Å². The lowest BCUT2D eigenvalue weighted by atomic mass is 10.0. The zero-order valence-electron chi connectivity index (χ0n) is 12.7. The highest BCUT2D eigenvalue weighted by Gasteiger charge is 2.21. The number of para-hydroxylation sites is 1. The van der Waals surface area contributed by atoms with Gasteiger partial charge in [0.2, 0.25) is 0 Å². The van der Waals surface area contributed by atoms with E-state index in [4.69, 9.17) is 4.74 Å². The Bertz CT molecular complexity index is 721. The molecule has 1 atom stereocenters. The average Bonchev–Trinajstić information content (AvgIpc) is 3.20. The predicted octanol–water partition coefficient (Wildman–Crippen LogP) is 3.37. The van der Waals surface area contributed by atoms with Gasteiger partial charge in [0.05, 0.1) is 13.2 Å². The molecule has 5 heteroatoms. The molecule has 0 aliphatic rings. The third-order valence-corrected chi connectivity index (χ3v) is 4.50. The van der Waals surface area contributed by atoms with Crippen LogP contribution in [0.15, 0.2) is 54.2 Å². The molecule has 1 N–H and O–H groups in total. The number of hydrogen-bond acceptors (Lipinski definition) is 4. The first kappa shape index (κ1) is 14.8. The third-order valence-electron chi connectivity index (χ3n) is 3.63. The largest absolute Gasteiger partial charge is 0.496 e. The van der Waals surface area contributed by atoms with Gasteiger partial charge >= 0.3 is 0 Å². The normalized spacial score (nSPS) is 12.3. The van der Waals surface area contributed by atoms with E-state index in [1.807, 2.05) is 42.2 Å². The highest BCUT2D eigenvalue weighted by atomic mass is 32.1. The van der Waals surface area contributed by atoms with E-state index in [1.54, 1.807) is 18.4 Å². The van der Waals surface area contributed by atoms with Crippen molar-refractivity contribution >= 4 is 11.3 Å². The lowest BCUT2D eigenvalue weighted by molar-refractivity contribution is 0.401. The Morgan fingerprint density at radius 1 is 1.27 bits per heavy atom. The van der Waals surface area contributed by atoms with Gasteiger partial charge in [-0.1, -0.05) is 24.3 Å². The fraction of sp³-hybridized carbons (Fsp3) is 0.235. The Balaban J connectivity index is 1.94. The first-order valence-corrected chi connectivity index (χ1v) is 8.03. The van der Waals surface area contributed by atoms with E-state index in [0.717, 1.165) is 23.7 Å². The van der Waals surface area contributed by atoms with Crippen LogP contribution >= 0.6 is 11.3 Å². The van der Waals surface area contributed by atoms with Crippen molar-refractivity contribution in [3.05, 3.63) is 70.4 Å². The molecule has 2 heterocycles. The van der Waals surface area contributed by atoms with Gasteiger partial charge in [-0.3, -0.25) is 5.32 Å². The van der Waals surface area contributed by atoms with Crippen LogP contribution < -0.4 is 10.1 Å². The van der Waals surface area contributed by atoms with Crippen LogP contribution in [0, 0.1) is 0 Å². The fourth-order valence-electron chi connectivity index (χ4n) is 2.52. The molecule has 2 aromatic heterocycles. The number of aryl methyl sites for hydroxylation is 1. The second-order valence-electron chi connectivity index (χ2n) is 5.03. The second-order valence-corrected chi connectivity index (χ2v) is 6.06. The SMILES string of the molecule is COc1ccccc1[C@H](NCc1cccs1)c1nccn1C. The Kier molecular flexibility index (Phi) is 4.56. The third kappa shape index (κ3) is 3.05. The summed E-state index contributed by atoms with van der Waals surface area (Å²) in [6.07, 6.45) is 3.79. The van der Waals surface area contributed by atoms with Crippen LogP contribution in [0.5, 0.6) is 5.75 Å². The average molecular weight is 313 g/mol. The summed E-state index contributed by atoms with van der Waals surface area (Å²) in [5.74, 6) is 1.84. The van der Waals surface area contributed by atoms with Crippen molar-refractivity contribution in [2.75, 3.05) is 7.11 Å². The first-order valence-electron chi connectivity index (χ1n) is 7.15. The van der Waals surface area contributed by atoms with Gasteiger partial charge in [-0.25, -0.2) is 4.98 Å². The molecule has 0 saturated heterocycles. The number of methoxy groups -OCH3 is 1. The summed E-state index contributed by atoms with van der Waals surface area (Å²) in [6, 6.07) is 12.3. The molecule has 0 spiro atoms. The minimum Gasteiger partial charge on any atom is -0.496 e. The maximum absolute atomic E-state index is 5.53. The highest BCUT2D eigenvalue weighted by molar-refractivity contribution is 7.09. The lowest BCUT2D eigenvalue weighted by Gasteiger charge is -2.21. The van der Waals surface area contributed by atoms with Gasteiger partial charge in [-0.15, -0.1) is 11.3 Å². The molecule has 0 aliphatic carbocycles. The van der Waals surface area contributed by atoms with Crippen molar-refractivity contribution < 1.29 is 4.74 Å². The van der Waals surface area contributed by atoms with Crippen molar-refractivity contribution in [3.63, 3.8) is 0 Å². The molecule has 0 bridgehead atoms. The highest BCUT2D eigenvalue weighted by Crippen LogP contribution is 2.29. The number of nitrogens with zero attached hydrogens (tertiary/aromatic N) is 2. The Morgan fingerprint density at radius 3 is 2.82 bits per heavy atom. The molecule has 22 heavy (non-hydrogen) atoms. The number of aromatic nitrogens is 2. The molecule has 4 nitrogen and oxygen atoms in total. The van der Waals surface area contributed by atoms with Gasteiger partial charge in [0.1, 0.15) is 11.6 Å². The predicted molar refractivity (Wildman–Crippen MR) is 89.2 cm³/mol. The fourth-order valence-corrected chi connectivity index (χ4v) is 3.17. The quantitative estimate of drug-likeness (QED) is 0.758. The van der Waals surface area contributed by atoms with Crippen molar-refractivity contribution in [1.29, 1.82) is 0 Å². The topological polar surface area (TPSA) is 39.1 Å². The van der Waals surface area contributed by atoms with E-state index in [1.165, 1.54) is 4.88 Å². The molecular formula is C17H19N3OS.